The fraction of sp³-hybridized carbons (Fsp3) is 0.486. The van der Waals surface area contributed by atoms with E-state index in [0.29, 0.717) is 24.1 Å². The van der Waals surface area contributed by atoms with E-state index in [1.54, 1.807) is 26.0 Å². The zero-order valence-electron chi connectivity index (χ0n) is 27.8. The van der Waals surface area contributed by atoms with Crippen LogP contribution in [0.2, 0.25) is 0 Å². The molecule has 1 amide bonds. The minimum atomic E-state index is -1.19. The number of hydrogen-bond donors (Lipinski definition) is 2. The second kappa shape index (κ2) is 14.3. The highest BCUT2D eigenvalue weighted by atomic mass is 19.1. The van der Waals surface area contributed by atoms with Gasteiger partial charge in [-0.15, -0.1) is 0 Å². The van der Waals surface area contributed by atoms with E-state index in [-0.39, 0.29) is 23.5 Å². The number of benzene rings is 2. The van der Waals surface area contributed by atoms with Gasteiger partial charge in [-0.1, -0.05) is 31.5 Å². The third-order valence-corrected chi connectivity index (χ3v) is 8.16. The van der Waals surface area contributed by atoms with Gasteiger partial charge in [-0.05, 0) is 113 Å². The van der Waals surface area contributed by atoms with Crippen LogP contribution in [0.4, 0.5) is 4.39 Å². The molecule has 2 aromatic carbocycles. The lowest BCUT2D eigenvalue weighted by atomic mass is 9.89. The number of carbonyl (C=O) groups excluding carboxylic acids is 1. The van der Waals surface area contributed by atoms with Crippen LogP contribution in [0.3, 0.4) is 0 Å². The van der Waals surface area contributed by atoms with Gasteiger partial charge in [0.05, 0.1) is 18.2 Å². The molecular formula is C35H47FN4O4. The summed E-state index contributed by atoms with van der Waals surface area (Å²) in [6.07, 6.45) is 0.347. The molecule has 9 heteroatoms. The summed E-state index contributed by atoms with van der Waals surface area (Å²) in [5.74, 6) is -2.32. The van der Waals surface area contributed by atoms with Crippen molar-refractivity contribution in [2.75, 3.05) is 20.6 Å². The number of amides is 1. The van der Waals surface area contributed by atoms with Gasteiger partial charge in [0, 0.05) is 24.1 Å². The van der Waals surface area contributed by atoms with Crippen LogP contribution in [0.15, 0.2) is 29.1 Å². The molecule has 3 rings (SSSR count). The van der Waals surface area contributed by atoms with Crippen molar-refractivity contribution in [1.29, 1.82) is 0 Å². The van der Waals surface area contributed by atoms with Crippen LogP contribution < -0.4 is 10.9 Å². The van der Waals surface area contributed by atoms with Gasteiger partial charge in [0.15, 0.2) is 0 Å². The number of halogens is 1. The summed E-state index contributed by atoms with van der Waals surface area (Å²) in [6, 6.07) is 5.31. The first-order valence-electron chi connectivity index (χ1n) is 15.2. The number of aromatic nitrogens is 2. The summed E-state index contributed by atoms with van der Waals surface area (Å²) in [7, 11) is 3.90. The normalized spacial score (nSPS) is 12.9. The van der Waals surface area contributed by atoms with Crippen molar-refractivity contribution in [3.63, 3.8) is 0 Å². The Kier molecular flexibility index (Phi) is 11.2. The van der Waals surface area contributed by atoms with Gasteiger partial charge < -0.3 is 15.3 Å². The van der Waals surface area contributed by atoms with Crippen molar-refractivity contribution >= 4 is 11.9 Å². The van der Waals surface area contributed by atoms with E-state index in [0.717, 1.165) is 39.1 Å². The van der Waals surface area contributed by atoms with E-state index in [4.69, 9.17) is 0 Å². The molecule has 0 saturated carbocycles. The van der Waals surface area contributed by atoms with Crippen LogP contribution in [0.5, 0.6) is 0 Å². The van der Waals surface area contributed by atoms with E-state index >= 15 is 4.39 Å². The third kappa shape index (κ3) is 8.00. The molecule has 238 valence electrons. The zero-order valence-corrected chi connectivity index (χ0v) is 27.8. The Morgan fingerprint density at radius 2 is 1.59 bits per heavy atom. The molecule has 3 aromatic rings. The quantitative estimate of drug-likeness (QED) is 0.265. The van der Waals surface area contributed by atoms with Crippen molar-refractivity contribution in [2.24, 2.45) is 5.92 Å². The lowest BCUT2D eigenvalue weighted by Crippen LogP contribution is -2.42. The average molecular weight is 607 g/mol. The topological polar surface area (TPSA) is 105 Å². The number of carbonyl (C=O) groups is 2. The number of hydrogen-bond acceptors (Lipinski definition) is 5. The molecule has 0 bridgehead atoms. The van der Waals surface area contributed by atoms with Gasteiger partial charge in [0.25, 0.3) is 5.56 Å². The minimum Gasteiger partial charge on any atom is -0.481 e. The molecule has 2 N–H and O–H groups in total. The first-order valence-corrected chi connectivity index (χ1v) is 15.2. The fourth-order valence-electron chi connectivity index (χ4n) is 5.85. The van der Waals surface area contributed by atoms with Gasteiger partial charge in [0.2, 0.25) is 5.91 Å². The Labute approximate surface area is 260 Å². The second-order valence-corrected chi connectivity index (χ2v) is 12.8. The number of carboxylic acid groups (broad SMARTS) is 1. The van der Waals surface area contributed by atoms with Crippen LogP contribution in [0.1, 0.15) is 83.4 Å². The molecule has 0 aliphatic rings. The van der Waals surface area contributed by atoms with E-state index in [1.165, 1.54) is 4.68 Å². The highest BCUT2D eigenvalue weighted by molar-refractivity contribution is 5.82. The first-order chi connectivity index (χ1) is 20.5. The van der Waals surface area contributed by atoms with E-state index in [9.17, 15) is 19.5 Å². The summed E-state index contributed by atoms with van der Waals surface area (Å²) in [5.41, 5.74) is 6.90. The standard InChI is InChI=1S/C35H47FN4O4/c1-19(2)13-30(40-35(44)25(8)24(7)28(38-40)11-12-39(9)10)34(43)37-29(18-31(41)42)27-17-26(16-23(6)33(27)36)32-21(4)14-20(3)15-22(32)5/h14-17,19,29-30H,11-13,18H2,1-10H3,(H,37,43)(H,41,42)/t29-,30-/m0/s1. The third-order valence-electron chi connectivity index (χ3n) is 8.16. The van der Waals surface area contributed by atoms with Gasteiger partial charge >= 0.3 is 5.97 Å². The number of likely N-dealkylation sites (N-methyl/N-ethyl adjacent to an activating group) is 1. The van der Waals surface area contributed by atoms with Gasteiger partial charge in [-0.2, -0.15) is 5.10 Å². The van der Waals surface area contributed by atoms with Crippen LogP contribution >= 0.6 is 0 Å². The molecule has 0 aliphatic carbocycles. The number of carboxylic acids is 1. The van der Waals surface area contributed by atoms with Crippen LogP contribution in [-0.4, -0.2) is 52.3 Å². The largest absolute Gasteiger partial charge is 0.481 e. The Morgan fingerprint density at radius 1 is 0.977 bits per heavy atom. The lowest BCUT2D eigenvalue weighted by molar-refractivity contribution is -0.138. The number of aliphatic carboxylic acids is 1. The first kappa shape index (κ1) is 34.6. The van der Waals surface area contributed by atoms with Crippen molar-refractivity contribution in [1.82, 2.24) is 20.0 Å². The zero-order chi connectivity index (χ0) is 33.0. The van der Waals surface area contributed by atoms with Crippen molar-refractivity contribution in [3.05, 3.63) is 85.1 Å². The van der Waals surface area contributed by atoms with Crippen molar-refractivity contribution < 1.29 is 19.1 Å². The summed E-state index contributed by atoms with van der Waals surface area (Å²) >= 11 is 0. The minimum absolute atomic E-state index is 0.0130. The van der Waals surface area contributed by atoms with Gasteiger partial charge in [0.1, 0.15) is 11.9 Å². The summed E-state index contributed by atoms with van der Waals surface area (Å²) in [4.78, 5) is 41.6. The Balaban J connectivity index is 2.13. The van der Waals surface area contributed by atoms with Crippen LogP contribution in [-0.2, 0) is 16.0 Å². The summed E-state index contributed by atoms with van der Waals surface area (Å²) in [6.45, 7) is 15.8. The molecular weight excluding hydrogens is 559 g/mol. The van der Waals surface area contributed by atoms with E-state index < -0.39 is 36.2 Å². The summed E-state index contributed by atoms with van der Waals surface area (Å²) in [5, 5.41) is 17.3. The Hall–Kier alpha value is -3.85. The number of rotatable bonds is 12. The second-order valence-electron chi connectivity index (χ2n) is 12.8. The number of aryl methyl sites for hydroxylation is 4. The number of nitrogens with one attached hydrogen (secondary N) is 1. The maximum Gasteiger partial charge on any atom is 0.305 e. The van der Waals surface area contributed by atoms with Crippen LogP contribution in [0, 0.1) is 53.3 Å². The molecule has 0 spiro atoms. The lowest BCUT2D eigenvalue weighted by Gasteiger charge is -2.26. The maximum absolute atomic E-state index is 15.8. The van der Waals surface area contributed by atoms with E-state index in [1.807, 2.05) is 60.5 Å². The smallest absolute Gasteiger partial charge is 0.305 e. The fourth-order valence-corrected chi connectivity index (χ4v) is 5.85. The predicted octanol–water partition coefficient (Wildman–Crippen LogP) is 5.92. The molecule has 8 nitrogen and oxygen atoms in total. The van der Waals surface area contributed by atoms with Gasteiger partial charge in [-0.3, -0.25) is 14.4 Å². The predicted molar refractivity (Wildman–Crippen MR) is 173 cm³/mol. The number of nitrogens with zero attached hydrogens (tertiary/aromatic N) is 3. The SMILES string of the molecule is Cc1cc(C)c(-c2cc(C)c(F)c([C@H](CC(=O)O)NC(=O)[C@H](CC(C)C)n3nc(CCN(C)C)c(C)c(C)c3=O)c2)c(C)c1. The average Bonchev–Trinajstić information content (AvgIpc) is 2.90. The van der Waals surface area contributed by atoms with E-state index in [2.05, 4.69) is 22.5 Å². The molecule has 1 heterocycles. The maximum atomic E-state index is 15.8. The highest BCUT2D eigenvalue weighted by Gasteiger charge is 2.30. The molecule has 0 radical (unpaired) electrons. The summed E-state index contributed by atoms with van der Waals surface area (Å²) < 4.78 is 17.0. The highest BCUT2D eigenvalue weighted by Crippen LogP contribution is 2.34. The molecule has 1 aromatic heterocycles. The molecule has 0 aliphatic heterocycles. The van der Waals surface area contributed by atoms with Gasteiger partial charge in [-0.25, -0.2) is 9.07 Å². The van der Waals surface area contributed by atoms with Crippen LogP contribution in [0.25, 0.3) is 11.1 Å². The molecule has 2 atom stereocenters. The van der Waals surface area contributed by atoms with Crippen molar-refractivity contribution in [3.8, 4) is 11.1 Å². The molecule has 0 saturated heterocycles. The van der Waals surface area contributed by atoms with Crippen molar-refractivity contribution in [2.45, 2.75) is 86.7 Å². The monoisotopic (exact) mass is 606 g/mol. The molecule has 0 fully saturated rings. The Bertz CT molecular complexity index is 1590. The molecule has 44 heavy (non-hydrogen) atoms. The molecule has 0 unspecified atom stereocenters. The Morgan fingerprint density at radius 3 is 2.14 bits per heavy atom.